The third-order valence-electron chi connectivity index (χ3n) is 2.52. The predicted molar refractivity (Wildman–Crippen MR) is 66.6 cm³/mol. The average Bonchev–Trinajstić information content (AvgIpc) is 2.31. The Morgan fingerprint density at radius 2 is 2.00 bits per heavy atom. The van der Waals surface area contributed by atoms with Gasteiger partial charge in [0, 0.05) is 19.8 Å². The summed E-state index contributed by atoms with van der Waals surface area (Å²) in [6.45, 7) is 3.22. The SMILES string of the molecule is CCC[C@@H](N)C(=O)N(CCCOCC)CC(F)(F)F. The number of rotatable bonds is 9. The van der Waals surface area contributed by atoms with Crippen LogP contribution in [0.1, 0.15) is 33.1 Å². The van der Waals surface area contributed by atoms with Crippen molar-refractivity contribution in [2.45, 2.75) is 45.3 Å². The van der Waals surface area contributed by atoms with E-state index >= 15 is 0 Å². The summed E-state index contributed by atoms with van der Waals surface area (Å²) in [5.41, 5.74) is 5.59. The van der Waals surface area contributed by atoms with E-state index < -0.39 is 24.7 Å². The molecule has 4 nitrogen and oxygen atoms in total. The maximum atomic E-state index is 12.4. The van der Waals surface area contributed by atoms with Crippen molar-refractivity contribution in [2.24, 2.45) is 5.73 Å². The van der Waals surface area contributed by atoms with Gasteiger partial charge < -0.3 is 15.4 Å². The molecule has 0 saturated heterocycles. The summed E-state index contributed by atoms with van der Waals surface area (Å²) < 4.78 is 42.3. The second-order valence-electron chi connectivity index (χ2n) is 4.32. The molecule has 1 atom stereocenters. The molecule has 1 amide bonds. The molecule has 0 bridgehead atoms. The molecule has 0 fully saturated rings. The number of carbonyl (C=O) groups excluding carboxylic acids is 1. The second-order valence-corrected chi connectivity index (χ2v) is 4.32. The largest absolute Gasteiger partial charge is 0.406 e. The van der Waals surface area contributed by atoms with E-state index in [0.29, 0.717) is 32.5 Å². The van der Waals surface area contributed by atoms with Crippen LogP contribution in [0.3, 0.4) is 0 Å². The minimum atomic E-state index is -4.41. The zero-order valence-electron chi connectivity index (χ0n) is 11.5. The predicted octanol–water partition coefficient (Wildman–Crippen LogP) is 1.93. The molecular formula is C12H23F3N2O2. The number of hydrogen-bond acceptors (Lipinski definition) is 3. The standard InChI is InChI=1S/C12H23F3N2O2/c1-3-6-10(16)11(18)17(9-12(13,14)15)7-5-8-19-4-2/h10H,3-9,16H2,1-2H3/t10-/m1/s1. The number of alkyl halides is 3. The summed E-state index contributed by atoms with van der Waals surface area (Å²) in [6, 6.07) is -0.862. The summed E-state index contributed by atoms with van der Waals surface area (Å²) in [5.74, 6) is -0.643. The van der Waals surface area contributed by atoms with Gasteiger partial charge >= 0.3 is 6.18 Å². The average molecular weight is 284 g/mol. The van der Waals surface area contributed by atoms with E-state index in [-0.39, 0.29) is 6.54 Å². The first-order chi connectivity index (χ1) is 8.81. The van der Waals surface area contributed by atoms with Crippen LogP contribution < -0.4 is 5.73 Å². The van der Waals surface area contributed by atoms with Crippen molar-refractivity contribution in [3.05, 3.63) is 0 Å². The molecule has 114 valence electrons. The molecule has 0 aliphatic rings. The van der Waals surface area contributed by atoms with Crippen molar-refractivity contribution in [1.82, 2.24) is 4.90 Å². The van der Waals surface area contributed by atoms with Gasteiger partial charge in [0.1, 0.15) is 6.54 Å². The molecule has 0 aromatic carbocycles. The Balaban J connectivity index is 4.43. The normalized spacial score (nSPS) is 13.4. The third-order valence-corrected chi connectivity index (χ3v) is 2.52. The zero-order valence-corrected chi connectivity index (χ0v) is 11.5. The summed E-state index contributed by atoms with van der Waals surface area (Å²) in [5, 5.41) is 0. The molecule has 2 N–H and O–H groups in total. The van der Waals surface area contributed by atoms with Crippen LogP contribution in [0.15, 0.2) is 0 Å². The maximum absolute atomic E-state index is 12.4. The Kier molecular flexibility index (Phi) is 8.75. The van der Waals surface area contributed by atoms with Crippen LogP contribution in [-0.4, -0.2) is 49.3 Å². The fourth-order valence-electron chi connectivity index (χ4n) is 1.65. The third kappa shape index (κ3) is 8.83. The Labute approximate surface area is 112 Å². The summed E-state index contributed by atoms with van der Waals surface area (Å²) >= 11 is 0. The van der Waals surface area contributed by atoms with Crippen LogP contribution in [0.25, 0.3) is 0 Å². The first-order valence-electron chi connectivity index (χ1n) is 6.50. The highest BCUT2D eigenvalue weighted by Gasteiger charge is 2.34. The topological polar surface area (TPSA) is 55.6 Å². The highest BCUT2D eigenvalue weighted by Crippen LogP contribution is 2.17. The Morgan fingerprint density at radius 3 is 2.47 bits per heavy atom. The summed E-state index contributed by atoms with van der Waals surface area (Å²) in [4.78, 5) is 12.6. The lowest BCUT2D eigenvalue weighted by molar-refractivity contribution is -0.162. The molecular weight excluding hydrogens is 261 g/mol. The lowest BCUT2D eigenvalue weighted by Gasteiger charge is -2.26. The van der Waals surface area contributed by atoms with Gasteiger partial charge in [-0.05, 0) is 19.8 Å². The van der Waals surface area contributed by atoms with Crippen LogP contribution in [0.5, 0.6) is 0 Å². The molecule has 0 aromatic heterocycles. The fraction of sp³-hybridized carbons (Fsp3) is 0.917. The smallest absolute Gasteiger partial charge is 0.382 e. The molecule has 0 rings (SSSR count). The van der Waals surface area contributed by atoms with E-state index in [4.69, 9.17) is 10.5 Å². The van der Waals surface area contributed by atoms with E-state index in [2.05, 4.69) is 0 Å². The van der Waals surface area contributed by atoms with E-state index in [1.807, 2.05) is 6.92 Å². The monoisotopic (exact) mass is 284 g/mol. The number of hydrogen-bond donors (Lipinski definition) is 1. The highest BCUT2D eigenvalue weighted by molar-refractivity contribution is 5.81. The Morgan fingerprint density at radius 1 is 1.37 bits per heavy atom. The van der Waals surface area contributed by atoms with Gasteiger partial charge in [-0.3, -0.25) is 4.79 Å². The number of nitrogens with zero attached hydrogens (tertiary/aromatic N) is 1. The minimum absolute atomic E-state index is 0.00968. The molecule has 0 aliphatic heterocycles. The van der Waals surface area contributed by atoms with Gasteiger partial charge in [-0.15, -0.1) is 0 Å². The number of carbonyl (C=O) groups is 1. The molecule has 0 saturated carbocycles. The van der Waals surface area contributed by atoms with Gasteiger partial charge in [-0.2, -0.15) is 13.2 Å². The first-order valence-corrected chi connectivity index (χ1v) is 6.50. The van der Waals surface area contributed by atoms with Gasteiger partial charge in [-0.1, -0.05) is 13.3 Å². The molecule has 0 aliphatic carbocycles. The lowest BCUT2D eigenvalue weighted by atomic mass is 10.1. The molecule has 0 radical (unpaired) electrons. The van der Waals surface area contributed by atoms with E-state index in [0.717, 1.165) is 4.90 Å². The van der Waals surface area contributed by atoms with Crippen molar-refractivity contribution in [1.29, 1.82) is 0 Å². The number of halogens is 3. The summed E-state index contributed by atoms with van der Waals surface area (Å²) in [6.07, 6.45) is -2.99. The van der Waals surface area contributed by atoms with Crippen molar-refractivity contribution < 1.29 is 22.7 Å². The Hall–Kier alpha value is -0.820. The van der Waals surface area contributed by atoms with Gasteiger partial charge in [0.15, 0.2) is 0 Å². The van der Waals surface area contributed by atoms with Gasteiger partial charge in [0.2, 0.25) is 5.91 Å². The molecule has 0 heterocycles. The number of nitrogens with two attached hydrogens (primary N) is 1. The Bertz CT molecular complexity index is 260. The van der Waals surface area contributed by atoms with Crippen LogP contribution in [0, 0.1) is 0 Å². The molecule has 0 unspecified atom stereocenters. The number of amides is 1. The first kappa shape index (κ1) is 18.2. The zero-order chi connectivity index (χ0) is 14.9. The fourth-order valence-corrected chi connectivity index (χ4v) is 1.65. The molecule has 19 heavy (non-hydrogen) atoms. The number of ether oxygens (including phenoxy) is 1. The van der Waals surface area contributed by atoms with Gasteiger partial charge in [0.05, 0.1) is 6.04 Å². The van der Waals surface area contributed by atoms with E-state index in [9.17, 15) is 18.0 Å². The van der Waals surface area contributed by atoms with E-state index in [1.165, 1.54) is 0 Å². The second kappa shape index (κ2) is 9.14. The van der Waals surface area contributed by atoms with Gasteiger partial charge in [0.25, 0.3) is 0 Å². The van der Waals surface area contributed by atoms with E-state index in [1.54, 1.807) is 6.92 Å². The summed E-state index contributed by atoms with van der Waals surface area (Å²) in [7, 11) is 0. The van der Waals surface area contributed by atoms with Crippen LogP contribution in [0.2, 0.25) is 0 Å². The van der Waals surface area contributed by atoms with Crippen molar-refractivity contribution in [2.75, 3.05) is 26.3 Å². The minimum Gasteiger partial charge on any atom is -0.382 e. The maximum Gasteiger partial charge on any atom is 0.406 e. The molecule has 7 heteroatoms. The molecule has 0 aromatic rings. The van der Waals surface area contributed by atoms with Crippen molar-refractivity contribution >= 4 is 5.91 Å². The van der Waals surface area contributed by atoms with Crippen molar-refractivity contribution in [3.63, 3.8) is 0 Å². The van der Waals surface area contributed by atoms with Crippen LogP contribution >= 0.6 is 0 Å². The van der Waals surface area contributed by atoms with Crippen LogP contribution in [0.4, 0.5) is 13.2 Å². The molecule has 0 spiro atoms. The highest BCUT2D eigenvalue weighted by atomic mass is 19.4. The van der Waals surface area contributed by atoms with Gasteiger partial charge in [-0.25, -0.2) is 0 Å². The van der Waals surface area contributed by atoms with Crippen molar-refractivity contribution in [3.8, 4) is 0 Å². The quantitative estimate of drug-likeness (QED) is 0.658. The van der Waals surface area contributed by atoms with Crippen LogP contribution in [-0.2, 0) is 9.53 Å². The lowest BCUT2D eigenvalue weighted by Crippen LogP contribution is -2.48.